The molecule has 3 heteroatoms. The van der Waals surface area contributed by atoms with E-state index in [4.69, 9.17) is 4.74 Å². The van der Waals surface area contributed by atoms with Gasteiger partial charge in [-0.05, 0) is 66.0 Å². The highest BCUT2D eigenvalue weighted by molar-refractivity contribution is 7.15. The lowest BCUT2D eigenvalue weighted by molar-refractivity contribution is 0.0733. The normalized spacial score (nSPS) is 10.5. The van der Waals surface area contributed by atoms with Crippen LogP contribution in [0.3, 0.4) is 0 Å². The summed E-state index contributed by atoms with van der Waals surface area (Å²) in [5.74, 6) is 0.280. The molecule has 3 aromatic rings. The molecule has 0 amide bonds. The summed E-state index contributed by atoms with van der Waals surface area (Å²) in [5.41, 5.74) is 6.15. The monoisotopic (exact) mass is 348 g/mol. The third-order valence-electron chi connectivity index (χ3n) is 4.45. The number of ether oxygens (including phenoxy) is 1. The molecule has 2 nitrogen and oxygen atoms in total. The van der Waals surface area contributed by atoms with Gasteiger partial charge in [0.15, 0.2) is 0 Å². The van der Waals surface area contributed by atoms with Crippen molar-refractivity contribution in [3.05, 3.63) is 89.0 Å². The van der Waals surface area contributed by atoms with Crippen molar-refractivity contribution in [3.63, 3.8) is 0 Å². The van der Waals surface area contributed by atoms with Crippen molar-refractivity contribution in [2.45, 2.75) is 20.0 Å². The number of hydrogen-bond acceptors (Lipinski definition) is 2. The molecule has 0 saturated heterocycles. The average molecular weight is 348 g/mol. The Morgan fingerprint density at radius 3 is 2.20 bits per heavy atom. The Morgan fingerprint density at radius 1 is 0.880 bits per heavy atom. The Kier molecular flexibility index (Phi) is 5.31. The van der Waals surface area contributed by atoms with Gasteiger partial charge in [-0.3, -0.25) is 0 Å². The number of benzene rings is 3. The maximum atomic E-state index is 12.4. The Hall–Kier alpha value is -2.44. The van der Waals surface area contributed by atoms with Gasteiger partial charge in [-0.25, -0.2) is 4.79 Å². The molecule has 0 aromatic heterocycles. The lowest BCUT2D eigenvalue weighted by atomic mass is 9.96. The molecule has 0 heterocycles. The minimum Gasteiger partial charge on any atom is -0.423 e. The summed E-state index contributed by atoms with van der Waals surface area (Å²) in [6.07, 6.45) is 0.870. The molecule has 0 fully saturated rings. The van der Waals surface area contributed by atoms with Crippen molar-refractivity contribution in [2.75, 3.05) is 0 Å². The number of carbonyl (C=O) groups is 1. The first kappa shape index (κ1) is 17.4. The summed E-state index contributed by atoms with van der Waals surface area (Å²) >= 11 is 0. The van der Waals surface area contributed by atoms with Gasteiger partial charge in [-0.2, -0.15) is 0 Å². The molecular weight excluding hydrogens is 327 g/mol. The van der Waals surface area contributed by atoms with Gasteiger partial charge in [0.05, 0.1) is 5.56 Å². The van der Waals surface area contributed by atoms with E-state index in [0.29, 0.717) is 11.3 Å². The quantitative estimate of drug-likeness (QED) is 0.350. The van der Waals surface area contributed by atoms with Crippen molar-refractivity contribution in [3.8, 4) is 16.9 Å². The van der Waals surface area contributed by atoms with Crippen LogP contribution in [0.4, 0.5) is 0 Å². The lowest BCUT2D eigenvalue weighted by Gasteiger charge is -2.14. The number of esters is 1. The average Bonchev–Trinajstić information content (AvgIpc) is 2.66. The van der Waals surface area contributed by atoms with Gasteiger partial charge in [-0.15, -0.1) is 9.24 Å². The first-order valence-corrected chi connectivity index (χ1v) is 9.08. The summed E-state index contributed by atoms with van der Waals surface area (Å²) in [6, 6.07) is 21.6. The van der Waals surface area contributed by atoms with Crippen molar-refractivity contribution >= 4 is 15.2 Å². The second kappa shape index (κ2) is 7.63. The van der Waals surface area contributed by atoms with Crippen LogP contribution in [0.1, 0.15) is 27.0 Å². The summed E-state index contributed by atoms with van der Waals surface area (Å²) < 4.78 is 5.63. The predicted octanol–water partition coefficient (Wildman–Crippen LogP) is 5.56. The number of rotatable bonds is 4. The Bertz CT molecular complexity index is 884. The highest BCUT2D eigenvalue weighted by atomic mass is 31.0. The van der Waals surface area contributed by atoms with Crippen molar-refractivity contribution < 1.29 is 9.53 Å². The fourth-order valence-electron chi connectivity index (χ4n) is 2.77. The minimum atomic E-state index is -0.328. The molecule has 0 N–H and O–H groups in total. The number of carbonyl (C=O) groups excluding carboxylic acids is 1. The molecule has 0 aliphatic rings. The van der Waals surface area contributed by atoms with Crippen molar-refractivity contribution in [1.29, 1.82) is 0 Å². The van der Waals surface area contributed by atoms with E-state index in [1.807, 2.05) is 61.5 Å². The summed E-state index contributed by atoms with van der Waals surface area (Å²) in [4.78, 5) is 12.4. The van der Waals surface area contributed by atoms with E-state index in [2.05, 4.69) is 28.3 Å². The third kappa shape index (κ3) is 3.81. The first-order valence-electron chi connectivity index (χ1n) is 8.27. The van der Waals surface area contributed by atoms with Crippen LogP contribution in [-0.4, -0.2) is 5.97 Å². The van der Waals surface area contributed by atoms with Gasteiger partial charge in [0.25, 0.3) is 0 Å². The second-order valence-corrected chi connectivity index (χ2v) is 6.43. The predicted molar refractivity (Wildman–Crippen MR) is 106 cm³/mol. The summed E-state index contributed by atoms with van der Waals surface area (Å²) in [5, 5.41) is 0. The number of hydrogen-bond donors (Lipinski definition) is 0. The molecule has 0 bridgehead atoms. The van der Waals surface area contributed by atoms with Crippen molar-refractivity contribution in [1.82, 2.24) is 0 Å². The van der Waals surface area contributed by atoms with E-state index in [-0.39, 0.29) is 5.97 Å². The second-order valence-electron chi connectivity index (χ2n) is 6.02. The van der Waals surface area contributed by atoms with Crippen molar-refractivity contribution in [2.24, 2.45) is 0 Å². The van der Waals surface area contributed by atoms with Crippen LogP contribution in [-0.2, 0) is 6.16 Å². The molecule has 25 heavy (non-hydrogen) atoms. The van der Waals surface area contributed by atoms with Crippen LogP contribution in [0.2, 0.25) is 0 Å². The molecule has 1 atom stereocenters. The van der Waals surface area contributed by atoms with Gasteiger partial charge < -0.3 is 4.74 Å². The van der Waals surface area contributed by atoms with E-state index >= 15 is 0 Å². The van der Waals surface area contributed by atoms with E-state index in [1.54, 1.807) is 0 Å². The smallest absolute Gasteiger partial charge is 0.343 e. The van der Waals surface area contributed by atoms with Gasteiger partial charge in [0, 0.05) is 0 Å². The minimum absolute atomic E-state index is 0.328. The van der Waals surface area contributed by atoms with Crippen LogP contribution in [0.25, 0.3) is 11.1 Å². The Labute approximate surface area is 151 Å². The lowest BCUT2D eigenvalue weighted by Crippen LogP contribution is -2.09. The SMILES string of the molecule is Cc1c(OC(=O)c2ccc(CP)cc2)ccc(-c2ccccc2)c1C. The fourth-order valence-corrected chi connectivity index (χ4v) is 3.04. The molecule has 0 spiro atoms. The molecule has 0 radical (unpaired) electrons. The zero-order valence-corrected chi connectivity index (χ0v) is 15.6. The molecule has 3 aromatic carbocycles. The zero-order chi connectivity index (χ0) is 17.8. The first-order chi connectivity index (χ1) is 12.1. The maximum Gasteiger partial charge on any atom is 0.343 e. The fraction of sp³-hybridized carbons (Fsp3) is 0.136. The van der Waals surface area contributed by atoms with Crippen LogP contribution in [0.15, 0.2) is 66.7 Å². The highest BCUT2D eigenvalue weighted by Gasteiger charge is 2.13. The standard InChI is InChI=1S/C22H21O2P/c1-15-16(2)21(13-12-20(15)18-6-4-3-5-7-18)24-22(23)19-10-8-17(14-25)9-11-19/h3-13H,14,25H2,1-2H3. The van der Waals surface area contributed by atoms with Gasteiger partial charge in [-0.1, -0.05) is 48.5 Å². The largest absolute Gasteiger partial charge is 0.423 e. The van der Waals surface area contributed by atoms with Crippen LogP contribution in [0.5, 0.6) is 5.75 Å². The van der Waals surface area contributed by atoms with Crippen LogP contribution in [0, 0.1) is 13.8 Å². The molecule has 3 rings (SSSR count). The molecule has 0 aliphatic heterocycles. The van der Waals surface area contributed by atoms with Crippen LogP contribution < -0.4 is 4.74 Å². The molecule has 1 unspecified atom stereocenters. The van der Waals surface area contributed by atoms with E-state index < -0.39 is 0 Å². The Balaban J connectivity index is 1.85. The van der Waals surface area contributed by atoms with Gasteiger partial charge in [0.2, 0.25) is 0 Å². The highest BCUT2D eigenvalue weighted by Crippen LogP contribution is 2.31. The Morgan fingerprint density at radius 2 is 1.56 bits per heavy atom. The third-order valence-corrected chi connectivity index (χ3v) is 4.92. The molecule has 0 aliphatic carbocycles. The van der Waals surface area contributed by atoms with Gasteiger partial charge in [0.1, 0.15) is 5.75 Å². The topological polar surface area (TPSA) is 26.3 Å². The van der Waals surface area contributed by atoms with Crippen LogP contribution >= 0.6 is 9.24 Å². The van der Waals surface area contributed by atoms with Gasteiger partial charge >= 0.3 is 5.97 Å². The summed E-state index contributed by atoms with van der Waals surface area (Å²) in [7, 11) is 2.67. The molecule has 126 valence electrons. The maximum absolute atomic E-state index is 12.4. The zero-order valence-electron chi connectivity index (χ0n) is 14.5. The summed E-state index contributed by atoms with van der Waals surface area (Å²) in [6.45, 7) is 4.05. The van der Waals surface area contributed by atoms with E-state index in [1.165, 1.54) is 5.56 Å². The molecule has 0 saturated carbocycles. The van der Waals surface area contributed by atoms with E-state index in [9.17, 15) is 4.79 Å². The van der Waals surface area contributed by atoms with E-state index in [0.717, 1.165) is 28.4 Å². The molecular formula is C22H21O2P.